The number of ether oxygens (including phenoxy) is 1. The highest BCUT2D eigenvalue weighted by molar-refractivity contribution is 5.99. The van der Waals surface area contributed by atoms with Gasteiger partial charge in [0.25, 0.3) is 0 Å². The van der Waals surface area contributed by atoms with Crippen molar-refractivity contribution in [2.45, 2.75) is 65.4 Å². The van der Waals surface area contributed by atoms with Gasteiger partial charge < -0.3 is 9.30 Å². The summed E-state index contributed by atoms with van der Waals surface area (Å²) in [7, 11) is 1.76. The Morgan fingerprint density at radius 3 is 2.62 bits per heavy atom. The monoisotopic (exact) mass is 396 g/mol. The van der Waals surface area contributed by atoms with Crippen molar-refractivity contribution >= 4 is 5.78 Å². The summed E-state index contributed by atoms with van der Waals surface area (Å²) in [5, 5.41) is 0. The molecule has 4 heteroatoms. The third kappa shape index (κ3) is 5.37. The number of likely N-dealkylation sites (tertiary alicyclic amines) is 1. The summed E-state index contributed by atoms with van der Waals surface area (Å²) in [4.78, 5) is 15.3. The minimum atomic E-state index is 0.206. The van der Waals surface area contributed by atoms with E-state index in [0.717, 1.165) is 55.0 Å². The average molecular weight is 397 g/mol. The summed E-state index contributed by atoms with van der Waals surface area (Å²) in [5.41, 5.74) is 5.51. The molecule has 1 unspecified atom stereocenters. The van der Waals surface area contributed by atoms with Crippen molar-refractivity contribution in [3.05, 3.63) is 52.8 Å². The minimum absolute atomic E-state index is 0.206. The van der Waals surface area contributed by atoms with Crippen LogP contribution < -0.4 is 0 Å². The lowest BCUT2D eigenvalue weighted by atomic mass is 10.1. The van der Waals surface area contributed by atoms with Crippen LogP contribution in [0.25, 0.3) is 5.69 Å². The number of methoxy groups -OCH3 is 1. The van der Waals surface area contributed by atoms with E-state index in [1.807, 2.05) is 6.07 Å². The molecule has 0 radical (unpaired) electrons. The molecule has 4 nitrogen and oxygen atoms in total. The Morgan fingerprint density at radius 2 is 1.93 bits per heavy atom. The number of nitrogens with zero attached hydrogens (tertiary/aromatic N) is 2. The van der Waals surface area contributed by atoms with Crippen LogP contribution in [0.4, 0.5) is 0 Å². The molecule has 0 spiro atoms. The van der Waals surface area contributed by atoms with Crippen molar-refractivity contribution < 1.29 is 9.53 Å². The van der Waals surface area contributed by atoms with Crippen molar-refractivity contribution in [2.24, 2.45) is 0 Å². The second-order valence-electron chi connectivity index (χ2n) is 8.40. The van der Waals surface area contributed by atoms with Gasteiger partial charge in [-0.15, -0.1) is 0 Å². The van der Waals surface area contributed by atoms with Gasteiger partial charge in [-0.2, -0.15) is 0 Å². The number of Topliss-reactive ketones (excluding diaryl/α,β-unsaturated/α-hetero) is 1. The first-order chi connectivity index (χ1) is 14.0. The van der Waals surface area contributed by atoms with Crippen LogP contribution in [0.2, 0.25) is 0 Å². The van der Waals surface area contributed by atoms with Crippen molar-refractivity contribution in [2.75, 3.05) is 26.7 Å². The number of piperidine rings is 1. The standard InChI is InChI=1S/C25H36N2O2/c1-5-6-7-9-21-11-13-22(14-12-21)27-19(2)16-24(20(27)3)25(28)18-26-15-8-10-23(17-26)29-4/h11-14,16,23H,5-10,15,17-18H2,1-4H3. The molecule has 3 rings (SSSR count). The van der Waals surface area contributed by atoms with Gasteiger partial charge in [-0.05, 0) is 69.8 Å². The molecule has 0 N–H and O–H groups in total. The number of ketones is 1. The molecular weight excluding hydrogens is 360 g/mol. The molecule has 0 saturated carbocycles. The fraction of sp³-hybridized carbons (Fsp3) is 0.560. The number of carbonyl (C=O) groups is 1. The Hall–Kier alpha value is -1.91. The number of aryl methyl sites for hydroxylation is 2. The number of hydrogen-bond acceptors (Lipinski definition) is 3. The Bertz CT molecular complexity index is 807. The smallest absolute Gasteiger partial charge is 0.178 e. The summed E-state index contributed by atoms with van der Waals surface area (Å²) in [5.74, 6) is 0.206. The van der Waals surface area contributed by atoms with Gasteiger partial charge in [0.15, 0.2) is 5.78 Å². The van der Waals surface area contributed by atoms with Crippen LogP contribution >= 0.6 is 0 Å². The van der Waals surface area contributed by atoms with Gasteiger partial charge in [0.2, 0.25) is 0 Å². The SMILES string of the molecule is CCCCCc1ccc(-n2c(C)cc(C(=O)CN3CCCC(OC)C3)c2C)cc1. The van der Waals surface area contributed by atoms with Crippen molar-refractivity contribution in [1.29, 1.82) is 0 Å². The highest BCUT2D eigenvalue weighted by Crippen LogP contribution is 2.23. The summed E-state index contributed by atoms with van der Waals surface area (Å²) < 4.78 is 7.70. The topological polar surface area (TPSA) is 34.5 Å². The maximum Gasteiger partial charge on any atom is 0.178 e. The van der Waals surface area contributed by atoms with Crippen molar-refractivity contribution in [3.8, 4) is 5.69 Å². The molecule has 2 aromatic rings. The van der Waals surface area contributed by atoms with Gasteiger partial charge in [0.05, 0.1) is 12.6 Å². The summed E-state index contributed by atoms with van der Waals surface area (Å²) in [6.07, 6.45) is 7.35. The van der Waals surface area contributed by atoms with Gasteiger partial charge >= 0.3 is 0 Å². The molecule has 2 heterocycles. The van der Waals surface area contributed by atoms with Crippen LogP contribution in [0.3, 0.4) is 0 Å². The molecule has 0 aliphatic carbocycles. The Labute approximate surface area is 175 Å². The van der Waals surface area contributed by atoms with E-state index >= 15 is 0 Å². The first kappa shape index (κ1) is 21.8. The van der Waals surface area contributed by atoms with E-state index in [1.165, 1.54) is 24.8 Å². The third-order valence-corrected chi connectivity index (χ3v) is 6.16. The molecule has 1 aliphatic heterocycles. The maximum atomic E-state index is 13.0. The minimum Gasteiger partial charge on any atom is -0.380 e. The van der Waals surface area contributed by atoms with Crippen LogP contribution in [-0.2, 0) is 11.2 Å². The molecule has 1 saturated heterocycles. The second-order valence-corrected chi connectivity index (χ2v) is 8.40. The second kappa shape index (κ2) is 10.2. The largest absolute Gasteiger partial charge is 0.380 e. The zero-order chi connectivity index (χ0) is 20.8. The van der Waals surface area contributed by atoms with Crippen molar-refractivity contribution in [3.63, 3.8) is 0 Å². The fourth-order valence-electron chi connectivity index (χ4n) is 4.47. The molecule has 1 aromatic heterocycles. The quantitative estimate of drug-likeness (QED) is 0.436. The molecule has 1 aliphatic rings. The van der Waals surface area contributed by atoms with E-state index in [-0.39, 0.29) is 11.9 Å². The average Bonchev–Trinajstić information content (AvgIpc) is 3.03. The highest BCUT2D eigenvalue weighted by atomic mass is 16.5. The Morgan fingerprint density at radius 1 is 1.17 bits per heavy atom. The lowest BCUT2D eigenvalue weighted by molar-refractivity contribution is 0.0314. The van der Waals surface area contributed by atoms with Crippen LogP contribution in [0.1, 0.15) is 66.3 Å². The molecule has 158 valence electrons. The lowest BCUT2D eigenvalue weighted by Gasteiger charge is -2.31. The Balaban J connectivity index is 1.71. The molecule has 0 bridgehead atoms. The van der Waals surface area contributed by atoms with E-state index in [4.69, 9.17) is 4.74 Å². The molecule has 0 amide bonds. The molecular formula is C25H36N2O2. The molecule has 1 atom stereocenters. The molecule has 29 heavy (non-hydrogen) atoms. The molecule has 1 aromatic carbocycles. The van der Waals surface area contributed by atoms with Gasteiger partial charge in [-0.25, -0.2) is 0 Å². The number of rotatable bonds is 9. The predicted molar refractivity (Wildman–Crippen MR) is 119 cm³/mol. The van der Waals surface area contributed by atoms with Gasteiger partial charge in [-0.3, -0.25) is 9.69 Å². The summed E-state index contributed by atoms with van der Waals surface area (Å²) in [6.45, 7) is 8.68. The first-order valence-corrected chi connectivity index (χ1v) is 11.1. The van der Waals surface area contributed by atoms with Gasteiger partial charge in [-0.1, -0.05) is 31.9 Å². The van der Waals surface area contributed by atoms with Crippen LogP contribution in [0, 0.1) is 13.8 Å². The zero-order valence-electron chi connectivity index (χ0n) is 18.5. The fourth-order valence-corrected chi connectivity index (χ4v) is 4.47. The zero-order valence-corrected chi connectivity index (χ0v) is 18.5. The number of benzene rings is 1. The highest BCUT2D eigenvalue weighted by Gasteiger charge is 2.23. The number of unbranched alkanes of at least 4 members (excludes halogenated alkanes) is 2. The first-order valence-electron chi connectivity index (χ1n) is 11.1. The third-order valence-electron chi connectivity index (χ3n) is 6.16. The normalized spacial score (nSPS) is 17.6. The number of aromatic nitrogens is 1. The summed E-state index contributed by atoms with van der Waals surface area (Å²) >= 11 is 0. The van der Waals surface area contributed by atoms with E-state index in [9.17, 15) is 4.79 Å². The van der Waals surface area contributed by atoms with E-state index in [0.29, 0.717) is 6.54 Å². The van der Waals surface area contributed by atoms with Crippen LogP contribution in [0.5, 0.6) is 0 Å². The van der Waals surface area contributed by atoms with Crippen molar-refractivity contribution in [1.82, 2.24) is 9.47 Å². The molecule has 1 fully saturated rings. The van der Waals surface area contributed by atoms with Crippen LogP contribution in [0.15, 0.2) is 30.3 Å². The summed E-state index contributed by atoms with van der Waals surface area (Å²) in [6, 6.07) is 10.9. The number of carbonyl (C=O) groups excluding carboxylic acids is 1. The van der Waals surface area contributed by atoms with E-state index in [1.54, 1.807) is 7.11 Å². The van der Waals surface area contributed by atoms with E-state index in [2.05, 4.69) is 54.5 Å². The predicted octanol–water partition coefficient (Wildman–Crippen LogP) is 5.12. The van der Waals surface area contributed by atoms with Gasteiger partial charge in [0, 0.05) is 36.3 Å². The number of hydrogen-bond donors (Lipinski definition) is 0. The van der Waals surface area contributed by atoms with Gasteiger partial charge in [0.1, 0.15) is 0 Å². The van der Waals surface area contributed by atoms with E-state index < -0.39 is 0 Å². The maximum absolute atomic E-state index is 13.0. The lowest BCUT2D eigenvalue weighted by Crippen LogP contribution is -2.41. The Kier molecular flexibility index (Phi) is 7.68. The van der Waals surface area contributed by atoms with Crippen LogP contribution in [-0.4, -0.2) is 48.1 Å².